The molecule has 2 rings (SSSR count). The van der Waals surface area contributed by atoms with Gasteiger partial charge in [-0.2, -0.15) is 0 Å². The molecule has 0 aliphatic carbocycles. The summed E-state index contributed by atoms with van der Waals surface area (Å²) < 4.78 is 18.5. The first-order valence-electron chi connectivity index (χ1n) is 9.11. The maximum Gasteiger partial charge on any atom is 0.338 e. The summed E-state index contributed by atoms with van der Waals surface area (Å²) in [5.41, 5.74) is 0.464. The lowest BCUT2D eigenvalue weighted by atomic mass is 10.1. The molecule has 0 saturated heterocycles. The number of unbranched alkanes of at least 4 members (excludes halogenated alkanes) is 2. The van der Waals surface area contributed by atoms with E-state index in [1.165, 1.54) is 0 Å². The molecule has 0 bridgehead atoms. The second kappa shape index (κ2) is 10.5. The Hall–Kier alpha value is -2.50. The molecule has 0 spiro atoms. The van der Waals surface area contributed by atoms with E-state index in [1.54, 1.807) is 37.8 Å². The summed E-state index contributed by atoms with van der Waals surface area (Å²) in [6.07, 6.45) is 9.50. The third-order valence-corrected chi connectivity index (χ3v) is 4.09. The second-order valence-electron chi connectivity index (χ2n) is 6.23. The van der Waals surface area contributed by atoms with E-state index in [0.29, 0.717) is 30.2 Å². The quantitative estimate of drug-likeness (QED) is 0.446. The highest BCUT2D eigenvalue weighted by molar-refractivity contribution is 5.90. The number of carbonyl (C=O) groups excluding carboxylic acids is 1. The standard InChI is InChI=1S/C20H28N2O4/c1-4-5-6-7-16(2)26-20(23)17-8-9-18(19(14-17)24-3)25-13-12-22-11-10-21-15-22/h8-11,14-16H,4-7,12-13H2,1-3H3. The minimum atomic E-state index is -0.336. The van der Waals surface area contributed by atoms with Crippen LogP contribution in [0.3, 0.4) is 0 Å². The first kappa shape index (κ1) is 19.8. The van der Waals surface area contributed by atoms with Gasteiger partial charge >= 0.3 is 5.97 Å². The Morgan fingerprint density at radius 2 is 2.12 bits per heavy atom. The summed E-state index contributed by atoms with van der Waals surface area (Å²) in [5, 5.41) is 0. The summed E-state index contributed by atoms with van der Waals surface area (Å²) >= 11 is 0. The zero-order valence-electron chi connectivity index (χ0n) is 15.8. The fourth-order valence-electron chi connectivity index (χ4n) is 2.59. The number of ether oxygens (including phenoxy) is 3. The lowest BCUT2D eigenvalue weighted by Crippen LogP contribution is -2.15. The third kappa shape index (κ3) is 6.10. The molecule has 1 atom stereocenters. The van der Waals surface area contributed by atoms with Crippen molar-refractivity contribution in [3.63, 3.8) is 0 Å². The van der Waals surface area contributed by atoms with Crippen LogP contribution in [0.4, 0.5) is 0 Å². The highest BCUT2D eigenvalue weighted by atomic mass is 16.5. The molecule has 142 valence electrons. The maximum atomic E-state index is 12.3. The Labute approximate surface area is 155 Å². The SMILES string of the molecule is CCCCCC(C)OC(=O)c1ccc(OCCn2ccnc2)c(OC)c1. The number of rotatable bonds is 11. The van der Waals surface area contributed by atoms with Crippen molar-refractivity contribution >= 4 is 5.97 Å². The molecule has 1 aromatic heterocycles. The van der Waals surface area contributed by atoms with Crippen molar-refractivity contribution in [3.05, 3.63) is 42.5 Å². The molecule has 0 aliphatic rings. The molecule has 0 amide bonds. The summed E-state index contributed by atoms with van der Waals surface area (Å²) in [7, 11) is 1.56. The van der Waals surface area contributed by atoms with Crippen LogP contribution in [0, 0.1) is 0 Å². The molecular weight excluding hydrogens is 332 g/mol. The normalized spacial score (nSPS) is 11.8. The van der Waals surface area contributed by atoms with E-state index >= 15 is 0 Å². The molecule has 0 saturated carbocycles. The van der Waals surface area contributed by atoms with E-state index in [1.807, 2.05) is 17.7 Å². The van der Waals surface area contributed by atoms with Crippen LogP contribution in [0.1, 0.15) is 49.9 Å². The first-order valence-corrected chi connectivity index (χ1v) is 9.11. The number of hydrogen-bond donors (Lipinski definition) is 0. The predicted molar refractivity (Wildman–Crippen MR) is 99.7 cm³/mol. The molecular formula is C20H28N2O4. The number of methoxy groups -OCH3 is 1. The molecule has 6 nitrogen and oxygen atoms in total. The summed E-state index contributed by atoms with van der Waals surface area (Å²) in [6, 6.07) is 5.11. The van der Waals surface area contributed by atoms with E-state index in [0.717, 1.165) is 25.7 Å². The summed E-state index contributed by atoms with van der Waals surface area (Å²) in [5.74, 6) is 0.779. The van der Waals surface area contributed by atoms with Crippen molar-refractivity contribution in [2.24, 2.45) is 0 Å². The third-order valence-electron chi connectivity index (χ3n) is 4.09. The average Bonchev–Trinajstić information content (AvgIpc) is 3.15. The monoisotopic (exact) mass is 360 g/mol. The van der Waals surface area contributed by atoms with Gasteiger partial charge in [0.25, 0.3) is 0 Å². The van der Waals surface area contributed by atoms with Gasteiger partial charge in [-0.15, -0.1) is 0 Å². The molecule has 1 aromatic carbocycles. The van der Waals surface area contributed by atoms with Gasteiger partial charge in [-0.05, 0) is 38.0 Å². The van der Waals surface area contributed by atoms with Crippen LogP contribution in [0.25, 0.3) is 0 Å². The topological polar surface area (TPSA) is 62.6 Å². The predicted octanol–water partition coefficient (Wildman–Crippen LogP) is 4.10. The Morgan fingerprint density at radius 3 is 2.81 bits per heavy atom. The van der Waals surface area contributed by atoms with E-state index in [4.69, 9.17) is 14.2 Å². The lowest BCUT2D eigenvalue weighted by Gasteiger charge is -2.15. The highest BCUT2D eigenvalue weighted by Gasteiger charge is 2.15. The van der Waals surface area contributed by atoms with Crippen molar-refractivity contribution in [2.75, 3.05) is 13.7 Å². The van der Waals surface area contributed by atoms with Crippen LogP contribution in [0.2, 0.25) is 0 Å². The van der Waals surface area contributed by atoms with Crippen LogP contribution in [-0.2, 0) is 11.3 Å². The van der Waals surface area contributed by atoms with E-state index in [9.17, 15) is 4.79 Å². The molecule has 0 fully saturated rings. The van der Waals surface area contributed by atoms with Crippen LogP contribution in [0.15, 0.2) is 36.9 Å². The van der Waals surface area contributed by atoms with Crippen molar-refractivity contribution in [1.29, 1.82) is 0 Å². The minimum Gasteiger partial charge on any atom is -0.493 e. The van der Waals surface area contributed by atoms with Gasteiger partial charge in [0.05, 0.1) is 31.6 Å². The Bertz CT molecular complexity index is 670. The van der Waals surface area contributed by atoms with Crippen LogP contribution < -0.4 is 9.47 Å². The summed E-state index contributed by atoms with van der Waals surface area (Å²) in [4.78, 5) is 16.3. The maximum absolute atomic E-state index is 12.3. The van der Waals surface area contributed by atoms with Crippen molar-refractivity contribution < 1.29 is 19.0 Å². The number of imidazole rings is 1. The van der Waals surface area contributed by atoms with Gasteiger partial charge in [-0.25, -0.2) is 9.78 Å². The van der Waals surface area contributed by atoms with E-state index in [-0.39, 0.29) is 12.1 Å². The molecule has 0 radical (unpaired) electrons. The van der Waals surface area contributed by atoms with Gasteiger partial charge in [-0.3, -0.25) is 0 Å². The number of nitrogens with zero attached hydrogens (tertiary/aromatic N) is 2. The van der Waals surface area contributed by atoms with Crippen LogP contribution in [0.5, 0.6) is 11.5 Å². The Kier molecular flexibility index (Phi) is 7.99. The smallest absolute Gasteiger partial charge is 0.338 e. The van der Waals surface area contributed by atoms with Gasteiger partial charge in [-0.1, -0.05) is 19.8 Å². The highest BCUT2D eigenvalue weighted by Crippen LogP contribution is 2.28. The van der Waals surface area contributed by atoms with Gasteiger partial charge in [0.2, 0.25) is 0 Å². The first-order chi connectivity index (χ1) is 12.6. The number of benzene rings is 1. The molecule has 2 aromatic rings. The van der Waals surface area contributed by atoms with Crippen molar-refractivity contribution in [3.8, 4) is 11.5 Å². The minimum absolute atomic E-state index is 0.0915. The molecule has 26 heavy (non-hydrogen) atoms. The number of esters is 1. The van der Waals surface area contributed by atoms with Crippen LogP contribution >= 0.6 is 0 Å². The number of hydrogen-bond acceptors (Lipinski definition) is 5. The molecule has 6 heteroatoms. The molecule has 1 unspecified atom stereocenters. The zero-order chi connectivity index (χ0) is 18.8. The molecule has 0 aliphatic heterocycles. The van der Waals surface area contributed by atoms with Gasteiger partial charge in [0.15, 0.2) is 11.5 Å². The summed E-state index contributed by atoms with van der Waals surface area (Å²) in [6.45, 7) is 5.24. The van der Waals surface area contributed by atoms with E-state index in [2.05, 4.69) is 11.9 Å². The lowest BCUT2D eigenvalue weighted by molar-refractivity contribution is 0.0319. The van der Waals surface area contributed by atoms with Gasteiger partial charge < -0.3 is 18.8 Å². The van der Waals surface area contributed by atoms with E-state index < -0.39 is 0 Å². The number of carbonyl (C=O) groups is 1. The largest absolute Gasteiger partial charge is 0.493 e. The molecule has 1 heterocycles. The fraction of sp³-hybridized carbons (Fsp3) is 0.500. The van der Waals surface area contributed by atoms with Crippen molar-refractivity contribution in [2.45, 2.75) is 52.2 Å². The average molecular weight is 360 g/mol. The number of aromatic nitrogens is 2. The fourth-order valence-corrected chi connectivity index (χ4v) is 2.59. The Balaban J connectivity index is 1.90. The van der Waals surface area contributed by atoms with Gasteiger partial charge in [0, 0.05) is 12.4 Å². The zero-order valence-corrected chi connectivity index (χ0v) is 15.8. The second-order valence-corrected chi connectivity index (χ2v) is 6.23. The van der Waals surface area contributed by atoms with Crippen molar-refractivity contribution in [1.82, 2.24) is 9.55 Å². The molecule has 0 N–H and O–H groups in total. The Morgan fingerprint density at radius 1 is 1.27 bits per heavy atom. The van der Waals surface area contributed by atoms with Gasteiger partial charge in [0.1, 0.15) is 6.61 Å². The van der Waals surface area contributed by atoms with Crippen LogP contribution in [-0.4, -0.2) is 35.3 Å².